The van der Waals surface area contributed by atoms with Crippen LogP contribution in [0.4, 0.5) is 4.79 Å². The number of aliphatic imine (C=N–C) groups is 1. The Morgan fingerprint density at radius 1 is 1.60 bits per heavy atom. The zero-order valence-corrected chi connectivity index (χ0v) is 9.11. The van der Waals surface area contributed by atoms with E-state index in [4.69, 9.17) is 4.74 Å². The molecule has 1 unspecified atom stereocenters. The number of carbonyl (C=O) groups is 2. The molecule has 84 valence electrons. The molecule has 1 N–H and O–H groups in total. The fraction of sp³-hybridized carbons (Fsp3) is 0.667. The van der Waals surface area contributed by atoms with Gasteiger partial charge in [0.05, 0.1) is 0 Å². The summed E-state index contributed by atoms with van der Waals surface area (Å²) >= 11 is 0. The molecule has 0 aromatic heterocycles. The van der Waals surface area contributed by atoms with E-state index in [9.17, 15) is 9.59 Å². The molecule has 1 amide bonds. The molecule has 6 heteroatoms. The Morgan fingerprint density at radius 3 is 2.73 bits per heavy atom. The molecule has 0 saturated carbocycles. The first-order valence-electron chi connectivity index (χ1n) is 4.67. The minimum absolute atomic E-state index is 0.101. The highest BCUT2D eigenvalue weighted by atomic mass is 16.6. The van der Waals surface area contributed by atoms with E-state index in [0.717, 1.165) is 0 Å². The van der Waals surface area contributed by atoms with Crippen LogP contribution in [-0.4, -0.2) is 55.9 Å². The highest BCUT2D eigenvalue weighted by molar-refractivity contribution is 6.38. The molecular weight excluding hydrogens is 198 g/mol. The Balaban J connectivity index is 2.36. The molecule has 6 nitrogen and oxygen atoms in total. The second-order valence-electron chi connectivity index (χ2n) is 3.54. The molecule has 1 atom stereocenters. The zero-order valence-electron chi connectivity index (χ0n) is 9.11. The van der Waals surface area contributed by atoms with Crippen LogP contribution < -0.4 is 5.32 Å². The lowest BCUT2D eigenvalue weighted by atomic mass is 10.3. The van der Waals surface area contributed by atoms with E-state index in [-0.39, 0.29) is 18.4 Å². The SMILES string of the molecule is CC(=O)C1=NC(COC(=O)N(C)C)CN1. The fourth-order valence-corrected chi connectivity index (χ4v) is 1.10. The predicted molar refractivity (Wildman–Crippen MR) is 54.9 cm³/mol. The van der Waals surface area contributed by atoms with Gasteiger partial charge in [-0.3, -0.25) is 9.79 Å². The summed E-state index contributed by atoms with van der Waals surface area (Å²) in [5.41, 5.74) is 0. The van der Waals surface area contributed by atoms with Crippen molar-refractivity contribution in [2.45, 2.75) is 13.0 Å². The summed E-state index contributed by atoms with van der Waals surface area (Å²) in [5, 5.41) is 2.85. The van der Waals surface area contributed by atoms with Crippen molar-refractivity contribution in [2.75, 3.05) is 27.2 Å². The summed E-state index contributed by atoms with van der Waals surface area (Å²) in [4.78, 5) is 27.4. The third-order valence-corrected chi connectivity index (χ3v) is 1.91. The van der Waals surface area contributed by atoms with Crippen LogP contribution in [0.25, 0.3) is 0 Å². The van der Waals surface area contributed by atoms with Crippen LogP contribution in [-0.2, 0) is 9.53 Å². The first-order chi connectivity index (χ1) is 7.00. The van der Waals surface area contributed by atoms with Gasteiger partial charge in [0.25, 0.3) is 0 Å². The Labute approximate surface area is 88.3 Å². The molecule has 0 fully saturated rings. The van der Waals surface area contributed by atoms with Crippen LogP contribution in [0, 0.1) is 0 Å². The van der Waals surface area contributed by atoms with Crippen LogP contribution >= 0.6 is 0 Å². The van der Waals surface area contributed by atoms with E-state index >= 15 is 0 Å². The summed E-state index contributed by atoms with van der Waals surface area (Å²) in [6, 6.07) is -0.159. The molecule has 0 aliphatic carbocycles. The quantitative estimate of drug-likeness (QED) is 0.695. The summed E-state index contributed by atoms with van der Waals surface area (Å²) in [6.07, 6.45) is -0.401. The number of rotatable bonds is 3. The summed E-state index contributed by atoms with van der Waals surface area (Å²) in [6.45, 7) is 2.18. The number of ketones is 1. The molecule has 1 aliphatic heterocycles. The van der Waals surface area contributed by atoms with Gasteiger partial charge in [0.1, 0.15) is 12.6 Å². The van der Waals surface area contributed by atoms with Crippen molar-refractivity contribution >= 4 is 17.7 Å². The van der Waals surface area contributed by atoms with Crippen molar-refractivity contribution in [1.82, 2.24) is 10.2 Å². The van der Waals surface area contributed by atoms with Crippen LogP contribution in [0.2, 0.25) is 0 Å². The number of carbonyl (C=O) groups excluding carboxylic acids is 2. The van der Waals surface area contributed by atoms with Crippen LogP contribution in [0.15, 0.2) is 4.99 Å². The lowest BCUT2D eigenvalue weighted by Crippen LogP contribution is -2.29. The maximum atomic E-state index is 11.1. The number of ether oxygens (including phenoxy) is 1. The zero-order chi connectivity index (χ0) is 11.4. The molecule has 0 aromatic rings. The molecule has 1 heterocycles. The largest absolute Gasteiger partial charge is 0.447 e. The molecule has 0 aromatic carbocycles. The maximum Gasteiger partial charge on any atom is 0.409 e. The van der Waals surface area contributed by atoms with Crippen molar-refractivity contribution in [2.24, 2.45) is 4.99 Å². The van der Waals surface area contributed by atoms with Gasteiger partial charge in [0.15, 0.2) is 11.6 Å². The molecular formula is C9H15N3O3. The number of Topliss-reactive ketones (excluding diaryl/α,β-unsaturated/α-hetero) is 1. The molecule has 0 spiro atoms. The van der Waals surface area contributed by atoms with Gasteiger partial charge in [-0.2, -0.15) is 0 Å². The maximum absolute atomic E-state index is 11.1. The number of hydrogen-bond donors (Lipinski definition) is 1. The van der Waals surface area contributed by atoms with Crippen molar-refractivity contribution in [3.63, 3.8) is 0 Å². The predicted octanol–water partition coefficient (Wildman–Crippen LogP) is -0.356. The van der Waals surface area contributed by atoms with E-state index in [1.54, 1.807) is 14.1 Å². The third-order valence-electron chi connectivity index (χ3n) is 1.91. The van der Waals surface area contributed by atoms with Crippen molar-refractivity contribution in [3.8, 4) is 0 Å². The first-order valence-corrected chi connectivity index (χ1v) is 4.67. The third kappa shape index (κ3) is 3.23. The molecule has 1 rings (SSSR count). The second kappa shape index (κ2) is 4.77. The first kappa shape index (κ1) is 11.5. The molecule has 0 radical (unpaired) electrons. The van der Waals surface area contributed by atoms with E-state index in [1.807, 2.05) is 0 Å². The van der Waals surface area contributed by atoms with E-state index in [1.165, 1.54) is 11.8 Å². The number of hydrogen-bond acceptors (Lipinski definition) is 5. The monoisotopic (exact) mass is 213 g/mol. The number of nitrogens with one attached hydrogen (secondary N) is 1. The van der Waals surface area contributed by atoms with Crippen LogP contribution in [0.1, 0.15) is 6.92 Å². The minimum atomic E-state index is -0.401. The number of amides is 1. The normalized spacial score (nSPS) is 19.1. The van der Waals surface area contributed by atoms with Gasteiger partial charge in [-0.25, -0.2) is 4.79 Å². The lowest BCUT2D eigenvalue weighted by molar-refractivity contribution is -0.111. The smallest absolute Gasteiger partial charge is 0.409 e. The van der Waals surface area contributed by atoms with E-state index in [0.29, 0.717) is 12.4 Å². The molecule has 1 aliphatic rings. The van der Waals surface area contributed by atoms with E-state index < -0.39 is 6.09 Å². The van der Waals surface area contributed by atoms with Crippen LogP contribution in [0.5, 0.6) is 0 Å². The van der Waals surface area contributed by atoms with Gasteiger partial charge in [-0.1, -0.05) is 0 Å². The van der Waals surface area contributed by atoms with Crippen molar-refractivity contribution in [3.05, 3.63) is 0 Å². The average Bonchev–Trinajstić information content (AvgIpc) is 2.62. The van der Waals surface area contributed by atoms with Gasteiger partial charge >= 0.3 is 6.09 Å². The number of nitrogens with zero attached hydrogens (tertiary/aromatic N) is 2. The second-order valence-corrected chi connectivity index (χ2v) is 3.54. The topological polar surface area (TPSA) is 71.0 Å². The Kier molecular flexibility index (Phi) is 3.65. The molecule has 15 heavy (non-hydrogen) atoms. The van der Waals surface area contributed by atoms with Gasteiger partial charge in [0.2, 0.25) is 0 Å². The molecule has 0 bridgehead atoms. The Morgan fingerprint density at radius 2 is 2.27 bits per heavy atom. The highest BCUT2D eigenvalue weighted by Gasteiger charge is 2.20. The van der Waals surface area contributed by atoms with Gasteiger partial charge in [-0.05, 0) is 0 Å². The average molecular weight is 213 g/mol. The van der Waals surface area contributed by atoms with Gasteiger partial charge in [0, 0.05) is 27.6 Å². The Bertz CT molecular complexity index is 299. The summed E-state index contributed by atoms with van der Waals surface area (Å²) in [7, 11) is 3.22. The van der Waals surface area contributed by atoms with Crippen LogP contribution in [0.3, 0.4) is 0 Å². The van der Waals surface area contributed by atoms with Crippen molar-refractivity contribution in [1.29, 1.82) is 0 Å². The Hall–Kier alpha value is -1.59. The fourth-order valence-electron chi connectivity index (χ4n) is 1.10. The summed E-state index contributed by atoms with van der Waals surface area (Å²) in [5.74, 6) is 0.261. The van der Waals surface area contributed by atoms with E-state index in [2.05, 4.69) is 10.3 Å². The van der Waals surface area contributed by atoms with Gasteiger partial charge < -0.3 is 15.0 Å². The minimum Gasteiger partial charge on any atom is -0.447 e. The summed E-state index contributed by atoms with van der Waals surface area (Å²) < 4.78 is 4.94. The molecule has 0 saturated heterocycles. The standard InChI is InChI=1S/C9H15N3O3/c1-6(13)8-10-4-7(11-8)5-15-9(14)12(2)3/h7H,4-5H2,1-3H3,(H,10,11). The van der Waals surface area contributed by atoms with Gasteiger partial charge in [-0.15, -0.1) is 0 Å². The highest BCUT2D eigenvalue weighted by Crippen LogP contribution is 2.01. The van der Waals surface area contributed by atoms with Crippen molar-refractivity contribution < 1.29 is 14.3 Å². The lowest BCUT2D eigenvalue weighted by Gasteiger charge is -2.12. The number of amidine groups is 1.